The summed E-state index contributed by atoms with van der Waals surface area (Å²) in [4.78, 5) is 0. The molecule has 0 aliphatic rings. The van der Waals surface area contributed by atoms with Crippen LogP contribution in [-0.4, -0.2) is 20.6 Å². The second-order valence-corrected chi connectivity index (χ2v) is 6.54. The van der Waals surface area contributed by atoms with Gasteiger partial charge in [-0.05, 0) is 37.0 Å². The van der Waals surface area contributed by atoms with Gasteiger partial charge in [0.05, 0.1) is 17.6 Å². The van der Waals surface area contributed by atoms with Crippen LogP contribution >= 0.6 is 23.2 Å². The molecule has 102 valence electrons. The summed E-state index contributed by atoms with van der Waals surface area (Å²) in [6.45, 7) is 0. The fourth-order valence-corrected chi connectivity index (χ4v) is 2.60. The van der Waals surface area contributed by atoms with E-state index in [0.717, 1.165) is 24.7 Å². The Hall–Kier alpha value is -0.650. The van der Waals surface area contributed by atoms with E-state index in [-0.39, 0.29) is 0 Å². The van der Waals surface area contributed by atoms with Crippen LogP contribution in [0, 0.1) is 0 Å². The van der Waals surface area contributed by atoms with Crippen LogP contribution in [0.4, 0.5) is 11.4 Å². The number of hydrogen-bond acceptors (Lipinski definition) is 3. The molecule has 0 radical (unpaired) electrons. The second-order valence-electron chi connectivity index (χ2n) is 4.01. The smallest absolute Gasteiger partial charge is 0.229 e. The van der Waals surface area contributed by atoms with Crippen molar-refractivity contribution in [2.75, 3.05) is 22.6 Å². The summed E-state index contributed by atoms with van der Waals surface area (Å²) >= 11 is 11.7. The molecular formula is C11H16Cl2N2O2S. The lowest BCUT2D eigenvalue weighted by Crippen LogP contribution is -2.12. The first-order valence-electron chi connectivity index (χ1n) is 5.45. The summed E-state index contributed by atoms with van der Waals surface area (Å²) in [6.07, 6.45) is 3.47. The summed E-state index contributed by atoms with van der Waals surface area (Å²) in [7, 11) is -3.35. The number of unbranched alkanes of at least 4 members (excludes halogenated alkanes) is 1. The van der Waals surface area contributed by atoms with E-state index in [2.05, 4.69) is 4.72 Å². The maximum atomic E-state index is 11.2. The number of sulfonamides is 1. The lowest BCUT2D eigenvalue weighted by molar-refractivity contribution is 0.607. The zero-order valence-corrected chi connectivity index (χ0v) is 12.4. The van der Waals surface area contributed by atoms with Gasteiger partial charge >= 0.3 is 0 Å². The molecule has 0 aliphatic heterocycles. The van der Waals surface area contributed by atoms with Crippen LogP contribution in [0.2, 0.25) is 5.02 Å². The van der Waals surface area contributed by atoms with Gasteiger partial charge in [-0.1, -0.05) is 11.6 Å². The number of alkyl halides is 1. The summed E-state index contributed by atoms with van der Waals surface area (Å²) in [5.41, 5.74) is 7.43. The van der Waals surface area contributed by atoms with Gasteiger partial charge in [0.15, 0.2) is 0 Å². The van der Waals surface area contributed by atoms with Gasteiger partial charge in [-0.25, -0.2) is 8.42 Å². The lowest BCUT2D eigenvalue weighted by Gasteiger charge is -2.13. The zero-order chi connectivity index (χ0) is 13.8. The summed E-state index contributed by atoms with van der Waals surface area (Å²) in [6, 6.07) is 3.20. The van der Waals surface area contributed by atoms with Crippen molar-refractivity contribution in [1.82, 2.24) is 0 Å². The molecule has 0 saturated heterocycles. The Morgan fingerprint density at radius 3 is 2.56 bits per heavy atom. The van der Waals surface area contributed by atoms with Crippen LogP contribution in [0.3, 0.4) is 0 Å². The molecular weight excluding hydrogens is 295 g/mol. The van der Waals surface area contributed by atoms with E-state index >= 15 is 0 Å². The van der Waals surface area contributed by atoms with Crippen LogP contribution in [-0.2, 0) is 16.4 Å². The standard InChI is InChI=1S/C11H16Cl2N2O2S/c1-18(16,17)15-10-6-5-9(13)8(11(10)14)4-2-3-7-12/h5-6,15H,2-4,7,14H2,1H3. The molecule has 3 N–H and O–H groups in total. The van der Waals surface area contributed by atoms with E-state index < -0.39 is 10.0 Å². The lowest BCUT2D eigenvalue weighted by atomic mass is 10.1. The molecule has 18 heavy (non-hydrogen) atoms. The SMILES string of the molecule is CS(=O)(=O)Nc1ccc(Cl)c(CCCCCl)c1N. The maximum Gasteiger partial charge on any atom is 0.229 e. The first-order valence-corrected chi connectivity index (χ1v) is 8.26. The summed E-state index contributed by atoms with van der Waals surface area (Å²) < 4.78 is 24.8. The van der Waals surface area contributed by atoms with Crippen molar-refractivity contribution in [3.8, 4) is 0 Å². The quantitative estimate of drug-likeness (QED) is 0.482. The monoisotopic (exact) mass is 310 g/mol. The van der Waals surface area contributed by atoms with Crippen molar-refractivity contribution in [3.05, 3.63) is 22.7 Å². The highest BCUT2D eigenvalue weighted by Crippen LogP contribution is 2.31. The third-order valence-electron chi connectivity index (χ3n) is 2.41. The fraction of sp³-hybridized carbons (Fsp3) is 0.455. The number of nitrogens with two attached hydrogens (primary N) is 1. The van der Waals surface area contributed by atoms with Crippen molar-refractivity contribution in [1.29, 1.82) is 0 Å². The van der Waals surface area contributed by atoms with Crippen LogP contribution < -0.4 is 10.5 Å². The molecule has 0 amide bonds. The minimum Gasteiger partial charge on any atom is -0.397 e. The number of benzene rings is 1. The molecule has 0 saturated carbocycles. The number of anilines is 2. The van der Waals surface area contributed by atoms with Gasteiger partial charge in [0.25, 0.3) is 0 Å². The second kappa shape index (κ2) is 6.50. The van der Waals surface area contributed by atoms with Crippen LogP contribution in [0.25, 0.3) is 0 Å². The molecule has 7 heteroatoms. The molecule has 1 rings (SSSR count). The van der Waals surface area contributed by atoms with Crippen molar-refractivity contribution in [3.63, 3.8) is 0 Å². The highest BCUT2D eigenvalue weighted by molar-refractivity contribution is 7.92. The Kier molecular flexibility index (Phi) is 5.56. The largest absolute Gasteiger partial charge is 0.397 e. The molecule has 1 aromatic carbocycles. The topological polar surface area (TPSA) is 72.2 Å². The van der Waals surface area contributed by atoms with Gasteiger partial charge in [0, 0.05) is 10.9 Å². The molecule has 0 aromatic heterocycles. The molecule has 1 aromatic rings. The average Bonchev–Trinajstić information content (AvgIpc) is 2.26. The third-order valence-corrected chi connectivity index (χ3v) is 3.62. The molecule has 0 spiro atoms. The van der Waals surface area contributed by atoms with Gasteiger partial charge in [-0.15, -0.1) is 11.6 Å². The highest BCUT2D eigenvalue weighted by Gasteiger charge is 2.12. The van der Waals surface area contributed by atoms with Crippen LogP contribution in [0.5, 0.6) is 0 Å². The van der Waals surface area contributed by atoms with Crippen molar-refractivity contribution in [2.45, 2.75) is 19.3 Å². The van der Waals surface area contributed by atoms with Gasteiger partial charge in [-0.3, -0.25) is 4.72 Å². The molecule has 4 nitrogen and oxygen atoms in total. The Labute approximate surface area is 118 Å². The summed E-state index contributed by atoms with van der Waals surface area (Å²) in [5, 5.41) is 0.543. The predicted octanol–water partition coefficient (Wildman–Crippen LogP) is 2.86. The normalized spacial score (nSPS) is 11.5. The Morgan fingerprint density at radius 2 is 2.00 bits per heavy atom. The van der Waals surface area contributed by atoms with Gasteiger partial charge in [0.2, 0.25) is 10.0 Å². The first kappa shape index (κ1) is 15.4. The van der Waals surface area contributed by atoms with E-state index in [4.69, 9.17) is 28.9 Å². The number of nitrogens with one attached hydrogen (secondary N) is 1. The zero-order valence-electron chi connectivity index (χ0n) is 10.0. The number of hydrogen-bond donors (Lipinski definition) is 2. The Balaban J connectivity index is 2.99. The Bertz CT molecular complexity index is 518. The Morgan fingerprint density at radius 1 is 1.33 bits per heavy atom. The number of halogens is 2. The van der Waals surface area contributed by atoms with Gasteiger partial charge < -0.3 is 5.73 Å². The molecule has 0 unspecified atom stereocenters. The van der Waals surface area contributed by atoms with E-state index in [1.165, 1.54) is 0 Å². The fourth-order valence-electron chi connectivity index (χ4n) is 1.58. The molecule has 0 fully saturated rings. The van der Waals surface area contributed by atoms with Crippen molar-refractivity contribution >= 4 is 44.6 Å². The van der Waals surface area contributed by atoms with Crippen molar-refractivity contribution in [2.24, 2.45) is 0 Å². The maximum absolute atomic E-state index is 11.2. The van der Waals surface area contributed by atoms with Crippen LogP contribution in [0.15, 0.2) is 12.1 Å². The molecule has 0 atom stereocenters. The third kappa shape index (κ3) is 4.55. The predicted molar refractivity (Wildman–Crippen MR) is 78.0 cm³/mol. The van der Waals surface area contributed by atoms with E-state index in [0.29, 0.717) is 28.7 Å². The summed E-state index contributed by atoms with van der Waals surface area (Å²) in [5.74, 6) is 0.582. The van der Waals surface area contributed by atoms with E-state index in [1.54, 1.807) is 12.1 Å². The minimum absolute atomic E-state index is 0.364. The number of nitrogen functional groups attached to an aromatic ring is 1. The van der Waals surface area contributed by atoms with Crippen molar-refractivity contribution < 1.29 is 8.42 Å². The van der Waals surface area contributed by atoms with E-state index in [1.807, 2.05) is 0 Å². The van der Waals surface area contributed by atoms with Crippen LogP contribution in [0.1, 0.15) is 18.4 Å². The number of rotatable bonds is 6. The van der Waals surface area contributed by atoms with E-state index in [9.17, 15) is 8.42 Å². The van der Waals surface area contributed by atoms with Gasteiger partial charge in [-0.2, -0.15) is 0 Å². The van der Waals surface area contributed by atoms with Gasteiger partial charge in [0.1, 0.15) is 0 Å². The first-order chi connectivity index (χ1) is 8.35. The molecule has 0 bridgehead atoms. The minimum atomic E-state index is -3.35. The molecule has 0 aliphatic carbocycles. The average molecular weight is 311 g/mol. The highest BCUT2D eigenvalue weighted by atomic mass is 35.5. The molecule has 0 heterocycles.